The molecule has 0 amide bonds. The first-order chi connectivity index (χ1) is 9.72. The van der Waals surface area contributed by atoms with Gasteiger partial charge in [-0.15, -0.1) is 0 Å². The van der Waals surface area contributed by atoms with Gasteiger partial charge in [0.2, 0.25) is 0 Å². The van der Waals surface area contributed by atoms with E-state index < -0.39 is 0 Å². The van der Waals surface area contributed by atoms with Crippen LogP contribution in [0.2, 0.25) is 0 Å². The van der Waals surface area contributed by atoms with E-state index in [1.165, 1.54) is 30.5 Å². The lowest BCUT2D eigenvalue weighted by molar-refractivity contribution is 0.186. The van der Waals surface area contributed by atoms with Crippen molar-refractivity contribution >= 4 is 5.69 Å². The summed E-state index contributed by atoms with van der Waals surface area (Å²) in [5.74, 6) is 0. The smallest absolute Gasteiger partial charge is 0.0528 e. The molecular weight excluding hydrogens is 248 g/mol. The van der Waals surface area contributed by atoms with Crippen LogP contribution in [-0.2, 0) is 0 Å². The van der Waals surface area contributed by atoms with Gasteiger partial charge in [-0.05, 0) is 50.8 Å². The Kier molecular flexibility index (Phi) is 5.86. The largest absolute Gasteiger partial charge is 0.393 e. The quantitative estimate of drug-likeness (QED) is 0.838. The molecule has 0 aromatic heterocycles. The maximum Gasteiger partial charge on any atom is 0.0528 e. The van der Waals surface area contributed by atoms with Crippen LogP contribution in [0.15, 0.2) is 24.3 Å². The summed E-state index contributed by atoms with van der Waals surface area (Å²) in [5, 5.41) is 13.2. The predicted octanol–water partition coefficient (Wildman–Crippen LogP) is 3.10. The highest BCUT2D eigenvalue weighted by atomic mass is 16.3. The van der Waals surface area contributed by atoms with Crippen LogP contribution in [0.5, 0.6) is 0 Å². The Morgan fingerprint density at radius 2 is 2.20 bits per heavy atom. The summed E-state index contributed by atoms with van der Waals surface area (Å²) in [7, 11) is 0. The van der Waals surface area contributed by atoms with Gasteiger partial charge in [0.1, 0.15) is 0 Å². The van der Waals surface area contributed by atoms with Crippen LogP contribution in [0.1, 0.15) is 51.1 Å². The molecule has 2 unspecified atom stereocenters. The number of para-hydroxylation sites is 1. The SMILES string of the molecule is CCCNC1CCCN(CCC(C)O)c2ccccc21. The van der Waals surface area contributed by atoms with Crippen LogP contribution in [0.4, 0.5) is 5.69 Å². The molecule has 3 heteroatoms. The fraction of sp³-hybridized carbons (Fsp3) is 0.647. The lowest BCUT2D eigenvalue weighted by Gasteiger charge is -2.26. The van der Waals surface area contributed by atoms with E-state index in [1.807, 2.05) is 6.92 Å². The zero-order valence-corrected chi connectivity index (χ0v) is 12.8. The van der Waals surface area contributed by atoms with E-state index in [2.05, 4.69) is 41.4 Å². The number of aliphatic hydroxyl groups excluding tert-OH is 1. The minimum atomic E-state index is -0.223. The molecule has 1 aromatic rings. The summed E-state index contributed by atoms with van der Waals surface area (Å²) in [6.07, 6.45) is 4.18. The second-order valence-electron chi connectivity index (χ2n) is 5.83. The summed E-state index contributed by atoms with van der Waals surface area (Å²) in [4.78, 5) is 2.44. The first kappa shape index (κ1) is 15.3. The molecule has 112 valence electrons. The molecule has 1 aliphatic rings. The number of anilines is 1. The van der Waals surface area contributed by atoms with Crippen molar-refractivity contribution in [2.75, 3.05) is 24.5 Å². The average Bonchev–Trinajstić information content (AvgIpc) is 2.62. The van der Waals surface area contributed by atoms with E-state index >= 15 is 0 Å². The normalized spacial score (nSPS) is 20.4. The van der Waals surface area contributed by atoms with E-state index in [0.717, 1.165) is 26.1 Å². The second kappa shape index (κ2) is 7.65. The van der Waals surface area contributed by atoms with Gasteiger partial charge < -0.3 is 15.3 Å². The standard InChI is InChI=1S/C17H28N2O/c1-3-11-18-16-8-6-12-19(13-10-14(2)20)17-9-5-4-7-15(16)17/h4-5,7,9,14,16,18,20H,3,6,8,10-13H2,1-2H3. The van der Waals surface area contributed by atoms with Crippen LogP contribution in [-0.4, -0.2) is 30.8 Å². The molecule has 0 aliphatic carbocycles. The number of fused-ring (bicyclic) bond motifs is 1. The van der Waals surface area contributed by atoms with E-state index in [-0.39, 0.29) is 6.10 Å². The molecule has 0 saturated heterocycles. The van der Waals surface area contributed by atoms with Crippen LogP contribution in [0, 0.1) is 0 Å². The first-order valence-electron chi connectivity index (χ1n) is 7.97. The van der Waals surface area contributed by atoms with Crippen molar-refractivity contribution in [3.63, 3.8) is 0 Å². The Bertz CT molecular complexity index is 406. The van der Waals surface area contributed by atoms with Gasteiger partial charge in [0.05, 0.1) is 6.10 Å². The minimum Gasteiger partial charge on any atom is -0.393 e. The molecule has 0 saturated carbocycles. The molecule has 0 spiro atoms. The molecule has 0 fully saturated rings. The molecule has 1 aromatic carbocycles. The van der Waals surface area contributed by atoms with Crippen molar-refractivity contribution in [2.45, 2.75) is 51.7 Å². The van der Waals surface area contributed by atoms with Crippen molar-refractivity contribution in [2.24, 2.45) is 0 Å². The third-order valence-corrected chi connectivity index (χ3v) is 4.03. The van der Waals surface area contributed by atoms with Gasteiger partial charge in [0.15, 0.2) is 0 Å². The third-order valence-electron chi connectivity index (χ3n) is 4.03. The lowest BCUT2D eigenvalue weighted by atomic mass is 10.0. The Labute approximate surface area is 123 Å². The molecule has 0 radical (unpaired) electrons. The Morgan fingerprint density at radius 1 is 1.40 bits per heavy atom. The fourth-order valence-electron chi connectivity index (χ4n) is 2.94. The van der Waals surface area contributed by atoms with E-state index in [1.54, 1.807) is 0 Å². The topological polar surface area (TPSA) is 35.5 Å². The maximum absolute atomic E-state index is 9.53. The highest BCUT2D eigenvalue weighted by molar-refractivity contribution is 5.55. The predicted molar refractivity (Wildman–Crippen MR) is 85.2 cm³/mol. The van der Waals surface area contributed by atoms with Gasteiger partial charge in [-0.1, -0.05) is 25.1 Å². The summed E-state index contributed by atoms with van der Waals surface area (Å²) in [5.41, 5.74) is 2.77. The number of benzene rings is 1. The highest BCUT2D eigenvalue weighted by Crippen LogP contribution is 2.32. The maximum atomic E-state index is 9.53. The molecule has 2 atom stereocenters. The van der Waals surface area contributed by atoms with Crippen molar-refractivity contribution in [1.29, 1.82) is 0 Å². The number of hydrogen-bond donors (Lipinski definition) is 2. The molecule has 20 heavy (non-hydrogen) atoms. The van der Waals surface area contributed by atoms with Crippen molar-refractivity contribution in [3.8, 4) is 0 Å². The Balaban J connectivity index is 2.16. The Morgan fingerprint density at radius 3 is 2.95 bits per heavy atom. The zero-order valence-electron chi connectivity index (χ0n) is 12.8. The highest BCUT2D eigenvalue weighted by Gasteiger charge is 2.21. The summed E-state index contributed by atoms with van der Waals surface area (Å²) in [6, 6.07) is 9.21. The first-order valence-corrected chi connectivity index (χ1v) is 7.97. The number of nitrogens with zero attached hydrogens (tertiary/aromatic N) is 1. The van der Waals surface area contributed by atoms with Gasteiger partial charge in [0, 0.05) is 24.8 Å². The van der Waals surface area contributed by atoms with Gasteiger partial charge >= 0.3 is 0 Å². The van der Waals surface area contributed by atoms with E-state index in [0.29, 0.717) is 6.04 Å². The van der Waals surface area contributed by atoms with Crippen molar-refractivity contribution < 1.29 is 5.11 Å². The molecule has 3 nitrogen and oxygen atoms in total. The number of aliphatic hydroxyl groups is 1. The lowest BCUT2D eigenvalue weighted by Crippen LogP contribution is -2.27. The fourth-order valence-corrected chi connectivity index (χ4v) is 2.94. The van der Waals surface area contributed by atoms with Gasteiger partial charge in [-0.2, -0.15) is 0 Å². The Hall–Kier alpha value is -1.06. The summed E-state index contributed by atoms with van der Waals surface area (Å²) in [6.45, 7) is 7.19. The summed E-state index contributed by atoms with van der Waals surface area (Å²) >= 11 is 0. The van der Waals surface area contributed by atoms with Gasteiger partial charge in [0.25, 0.3) is 0 Å². The van der Waals surface area contributed by atoms with Crippen LogP contribution in [0.25, 0.3) is 0 Å². The van der Waals surface area contributed by atoms with Gasteiger partial charge in [-0.3, -0.25) is 0 Å². The molecule has 1 aliphatic heterocycles. The molecule has 2 N–H and O–H groups in total. The van der Waals surface area contributed by atoms with Gasteiger partial charge in [-0.25, -0.2) is 0 Å². The minimum absolute atomic E-state index is 0.223. The van der Waals surface area contributed by atoms with Crippen molar-refractivity contribution in [1.82, 2.24) is 5.32 Å². The van der Waals surface area contributed by atoms with Crippen molar-refractivity contribution in [3.05, 3.63) is 29.8 Å². The molecular formula is C17H28N2O. The number of rotatable bonds is 6. The zero-order chi connectivity index (χ0) is 14.4. The van der Waals surface area contributed by atoms with E-state index in [4.69, 9.17) is 0 Å². The summed E-state index contributed by atoms with van der Waals surface area (Å²) < 4.78 is 0. The molecule has 2 rings (SSSR count). The monoisotopic (exact) mass is 276 g/mol. The van der Waals surface area contributed by atoms with Crippen LogP contribution < -0.4 is 10.2 Å². The molecule has 0 bridgehead atoms. The average molecular weight is 276 g/mol. The molecule has 1 heterocycles. The van der Waals surface area contributed by atoms with Crippen LogP contribution >= 0.6 is 0 Å². The number of nitrogens with one attached hydrogen (secondary N) is 1. The van der Waals surface area contributed by atoms with Crippen LogP contribution in [0.3, 0.4) is 0 Å². The third kappa shape index (κ3) is 3.97. The van der Waals surface area contributed by atoms with E-state index in [9.17, 15) is 5.11 Å². The number of hydrogen-bond acceptors (Lipinski definition) is 3. The second-order valence-corrected chi connectivity index (χ2v) is 5.83.